The molecular formula is C15H15Cl2FN2O4. The van der Waals surface area contributed by atoms with Gasteiger partial charge in [-0.25, -0.2) is 9.97 Å². The summed E-state index contributed by atoms with van der Waals surface area (Å²) in [5.74, 6) is -1.15. The molecule has 0 aliphatic rings. The number of rotatable bonds is 4. The van der Waals surface area contributed by atoms with E-state index in [1.165, 1.54) is 13.3 Å². The highest BCUT2D eigenvalue weighted by Gasteiger charge is 2.02. The van der Waals surface area contributed by atoms with Crippen molar-refractivity contribution in [3.63, 3.8) is 0 Å². The molecule has 6 nitrogen and oxygen atoms in total. The molecule has 1 N–H and O–H groups in total. The molecule has 2 heterocycles. The number of halogens is 3. The van der Waals surface area contributed by atoms with Crippen LogP contribution in [0.2, 0.25) is 10.3 Å². The molecule has 0 amide bonds. The minimum atomic E-state index is -0.867. The Balaban J connectivity index is 0.000000425. The molecule has 0 bridgehead atoms. The normalized spacial score (nSPS) is 9.12. The van der Waals surface area contributed by atoms with Crippen LogP contribution >= 0.6 is 23.2 Å². The van der Waals surface area contributed by atoms with Crippen molar-refractivity contribution < 1.29 is 24.1 Å². The number of methoxy groups -OCH3 is 1. The predicted octanol–water partition coefficient (Wildman–Crippen LogP) is 2.97. The zero-order valence-corrected chi connectivity index (χ0v) is 14.1. The number of carbonyl (C=O) groups is 2. The molecule has 0 aliphatic heterocycles. The number of ether oxygens (including phenoxy) is 1. The van der Waals surface area contributed by atoms with Gasteiger partial charge >= 0.3 is 11.9 Å². The molecule has 24 heavy (non-hydrogen) atoms. The van der Waals surface area contributed by atoms with E-state index in [1.807, 2.05) is 0 Å². The molecule has 0 unspecified atom stereocenters. The summed E-state index contributed by atoms with van der Waals surface area (Å²) in [6.45, 7) is 0. The number of hydrogen-bond donors (Lipinski definition) is 1. The highest BCUT2D eigenvalue weighted by Crippen LogP contribution is 2.06. The van der Waals surface area contributed by atoms with Crippen LogP contribution in [0, 0.1) is 0 Å². The van der Waals surface area contributed by atoms with E-state index in [0.29, 0.717) is 15.9 Å². The Morgan fingerprint density at radius 3 is 1.79 bits per heavy atom. The zero-order chi connectivity index (χ0) is 17.2. The summed E-state index contributed by atoms with van der Waals surface area (Å²) in [4.78, 5) is 28.5. The van der Waals surface area contributed by atoms with E-state index in [-0.39, 0.29) is 23.5 Å². The first-order valence-electron chi connectivity index (χ1n) is 6.40. The molecule has 0 fully saturated rings. The second kappa shape index (κ2) is 11.3. The van der Waals surface area contributed by atoms with Crippen molar-refractivity contribution in [2.45, 2.75) is 12.8 Å². The molecule has 9 heteroatoms. The molecule has 2 aromatic heterocycles. The molecule has 0 aliphatic carbocycles. The Morgan fingerprint density at radius 1 is 1.00 bits per heavy atom. The molecule has 0 saturated heterocycles. The third kappa shape index (κ3) is 9.02. The molecule has 0 spiro atoms. The van der Waals surface area contributed by atoms with E-state index in [4.69, 9.17) is 28.3 Å². The van der Waals surface area contributed by atoms with E-state index in [9.17, 15) is 9.59 Å². The Bertz CT molecular complexity index is 652. The van der Waals surface area contributed by atoms with Crippen molar-refractivity contribution in [1.29, 1.82) is 0 Å². The minimum Gasteiger partial charge on any atom is -0.481 e. The topological polar surface area (TPSA) is 89.4 Å². The Labute approximate surface area is 147 Å². The van der Waals surface area contributed by atoms with Gasteiger partial charge in [0.2, 0.25) is 0 Å². The molecule has 2 rings (SSSR count). The number of aromatic nitrogens is 2. The third-order valence-electron chi connectivity index (χ3n) is 2.51. The first-order valence-corrected chi connectivity index (χ1v) is 7.15. The SMILES string of the molecule is COC(=O)Cc1ccc(Cl)nc1.F.O=C(O)Cc1ccc(Cl)nc1. The fourth-order valence-corrected chi connectivity index (χ4v) is 1.66. The Kier molecular flexibility index (Phi) is 10.3. The van der Waals surface area contributed by atoms with Crippen molar-refractivity contribution >= 4 is 35.1 Å². The van der Waals surface area contributed by atoms with Gasteiger partial charge in [-0.1, -0.05) is 35.3 Å². The first kappa shape index (κ1) is 21.8. The molecule has 130 valence electrons. The third-order valence-corrected chi connectivity index (χ3v) is 2.96. The molecule has 2 aromatic rings. The van der Waals surface area contributed by atoms with Crippen LogP contribution in [-0.4, -0.2) is 34.1 Å². The van der Waals surface area contributed by atoms with Gasteiger partial charge in [0, 0.05) is 12.4 Å². The lowest BCUT2D eigenvalue weighted by Crippen LogP contribution is -2.04. The lowest BCUT2D eigenvalue weighted by molar-refractivity contribution is -0.140. The number of hydrogen-bond acceptors (Lipinski definition) is 5. The van der Waals surface area contributed by atoms with Crippen molar-refractivity contribution in [1.82, 2.24) is 9.97 Å². The number of aliphatic carboxylic acids is 1. The number of nitrogens with zero attached hydrogens (tertiary/aromatic N) is 2. The molecular weight excluding hydrogens is 362 g/mol. The van der Waals surface area contributed by atoms with Gasteiger partial charge in [-0.3, -0.25) is 14.3 Å². The highest BCUT2D eigenvalue weighted by atomic mass is 35.5. The van der Waals surface area contributed by atoms with Crippen LogP contribution in [0.4, 0.5) is 4.70 Å². The Morgan fingerprint density at radius 2 is 1.46 bits per heavy atom. The van der Waals surface area contributed by atoms with Crippen molar-refractivity contribution in [2.75, 3.05) is 7.11 Å². The monoisotopic (exact) mass is 376 g/mol. The van der Waals surface area contributed by atoms with Crippen LogP contribution in [0.25, 0.3) is 0 Å². The largest absolute Gasteiger partial charge is 0.481 e. The summed E-state index contributed by atoms with van der Waals surface area (Å²) >= 11 is 11.0. The fourth-order valence-electron chi connectivity index (χ4n) is 1.44. The standard InChI is InChI=1S/C8H8ClNO2.C7H6ClNO2.FH/c1-12-8(11)4-6-2-3-7(9)10-5-6;8-6-2-1-5(4-9-6)3-7(10)11;/h2-3,5H,4H2,1H3;1-2,4H,3H2,(H,10,11);1H. The summed E-state index contributed by atoms with van der Waals surface area (Å²) in [6.07, 6.45) is 3.24. The van der Waals surface area contributed by atoms with Gasteiger partial charge in [-0.2, -0.15) is 0 Å². The maximum absolute atomic E-state index is 10.8. The van der Waals surface area contributed by atoms with Gasteiger partial charge in [0.05, 0.1) is 20.0 Å². The van der Waals surface area contributed by atoms with Crippen LogP contribution in [-0.2, 0) is 27.2 Å². The number of carboxylic acids is 1. The average molecular weight is 377 g/mol. The summed E-state index contributed by atoms with van der Waals surface area (Å²) in [7, 11) is 1.35. The summed E-state index contributed by atoms with van der Waals surface area (Å²) in [6, 6.07) is 6.59. The van der Waals surface area contributed by atoms with E-state index in [2.05, 4.69) is 14.7 Å². The van der Waals surface area contributed by atoms with Gasteiger partial charge in [-0.05, 0) is 23.3 Å². The van der Waals surface area contributed by atoms with Crippen LogP contribution in [0.3, 0.4) is 0 Å². The first-order chi connectivity index (χ1) is 10.9. The minimum absolute atomic E-state index is 0. The highest BCUT2D eigenvalue weighted by molar-refractivity contribution is 6.29. The van der Waals surface area contributed by atoms with Gasteiger partial charge < -0.3 is 9.84 Å². The van der Waals surface area contributed by atoms with Gasteiger partial charge in [0.25, 0.3) is 0 Å². The van der Waals surface area contributed by atoms with Crippen LogP contribution in [0.1, 0.15) is 11.1 Å². The number of carboxylic acid groups (broad SMARTS) is 1. The second-order valence-electron chi connectivity index (χ2n) is 4.30. The second-order valence-corrected chi connectivity index (χ2v) is 5.08. The molecule has 0 atom stereocenters. The van der Waals surface area contributed by atoms with Crippen LogP contribution in [0.15, 0.2) is 36.7 Å². The van der Waals surface area contributed by atoms with Crippen molar-refractivity contribution in [3.05, 3.63) is 58.1 Å². The molecule has 0 radical (unpaired) electrons. The molecule has 0 saturated carbocycles. The summed E-state index contributed by atoms with van der Waals surface area (Å²) < 4.78 is 4.48. The maximum atomic E-state index is 10.8. The molecule has 0 aromatic carbocycles. The maximum Gasteiger partial charge on any atom is 0.310 e. The average Bonchev–Trinajstić information content (AvgIpc) is 2.52. The lowest BCUT2D eigenvalue weighted by atomic mass is 10.2. The van der Waals surface area contributed by atoms with Gasteiger partial charge in [0.15, 0.2) is 0 Å². The van der Waals surface area contributed by atoms with E-state index >= 15 is 0 Å². The summed E-state index contributed by atoms with van der Waals surface area (Å²) in [5, 5.41) is 9.17. The smallest absolute Gasteiger partial charge is 0.310 e. The number of pyridine rings is 2. The summed E-state index contributed by atoms with van der Waals surface area (Å²) in [5.41, 5.74) is 1.45. The van der Waals surface area contributed by atoms with Gasteiger partial charge in [-0.15, -0.1) is 0 Å². The van der Waals surface area contributed by atoms with E-state index < -0.39 is 5.97 Å². The van der Waals surface area contributed by atoms with Crippen LogP contribution < -0.4 is 0 Å². The number of carbonyl (C=O) groups excluding carboxylic acids is 1. The van der Waals surface area contributed by atoms with Crippen molar-refractivity contribution in [3.8, 4) is 0 Å². The fraction of sp³-hybridized carbons (Fsp3) is 0.200. The van der Waals surface area contributed by atoms with Crippen LogP contribution in [0.5, 0.6) is 0 Å². The lowest BCUT2D eigenvalue weighted by Gasteiger charge is -1.98. The predicted molar refractivity (Wildman–Crippen MR) is 88.1 cm³/mol. The Hall–Kier alpha value is -2.25. The van der Waals surface area contributed by atoms with Crippen molar-refractivity contribution in [2.24, 2.45) is 0 Å². The quantitative estimate of drug-likeness (QED) is 0.651. The number of esters is 1. The van der Waals surface area contributed by atoms with E-state index in [0.717, 1.165) is 5.56 Å². The zero-order valence-electron chi connectivity index (χ0n) is 12.6. The van der Waals surface area contributed by atoms with Gasteiger partial charge in [0.1, 0.15) is 10.3 Å². The van der Waals surface area contributed by atoms with E-state index in [1.54, 1.807) is 30.5 Å².